The monoisotopic (exact) mass is 422 g/mol. The van der Waals surface area contributed by atoms with Gasteiger partial charge in [-0.25, -0.2) is 12.8 Å². The van der Waals surface area contributed by atoms with Crippen LogP contribution in [0.3, 0.4) is 0 Å². The second-order valence-electron chi connectivity index (χ2n) is 6.62. The summed E-state index contributed by atoms with van der Waals surface area (Å²) in [6.07, 6.45) is 2.41. The Morgan fingerprint density at radius 1 is 1.10 bits per heavy atom. The molecule has 0 spiro atoms. The molecule has 1 N–H and O–H groups in total. The Hall–Kier alpha value is -2.45. The van der Waals surface area contributed by atoms with Gasteiger partial charge < -0.3 is 10.1 Å². The van der Waals surface area contributed by atoms with Crippen LogP contribution in [0.5, 0.6) is 5.75 Å². The molecule has 6 nitrogen and oxygen atoms in total. The van der Waals surface area contributed by atoms with Crippen molar-refractivity contribution in [3.8, 4) is 5.75 Å². The molecule has 8 heteroatoms. The Morgan fingerprint density at radius 2 is 1.76 bits per heavy atom. The van der Waals surface area contributed by atoms with Crippen LogP contribution in [0, 0.1) is 5.82 Å². The largest absolute Gasteiger partial charge is 0.494 e. The zero-order valence-corrected chi connectivity index (χ0v) is 17.5. The summed E-state index contributed by atoms with van der Waals surface area (Å²) in [5, 5.41) is 2.73. The lowest BCUT2D eigenvalue weighted by molar-refractivity contribution is -0.121. The van der Waals surface area contributed by atoms with Crippen molar-refractivity contribution in [3.05, 3.63) is 65.5 Å². The number of hydrogen-bond donors (Lipinski definition) is 1. The number of amides is 1. The van der Waals surface area contributed by atoms with Crippen molar-refractivity contribution in [2.24, 2.45) is 0 Å². The van der Waals surface area contributed by atoms with Crippen LogP contribution in [0.15, 0.2) is 48.5 Å². The molecule has 0 radical (unpaired) electrons. The van der Waals surface area contributed by atoms with Gasteiger partial charge in [0.1, 0.15) is 11.6 Å². The van der Waals surface area contributed by atoms with E-state index in [0.29, 0.717) is 19.6 Å². The predicted molar refractivity (Wildman–Crippen MR) is 111 cm³/mol. The van der Waals surface area contributed by atoms with Gasteiger partial charge in [-0.05, 0) is 37.5 Å². The molecule has 0 saturated heterocycles. The number of ether oxygens (including phenoxy) is 1. The zero-order chi connectivity index (χ0) is 21.3. The van der Waals surface area contributed by atoms with Gasteiger partial charge in [0.25, 0.3) is 0 Å². The lowest BCUT2D eigenvalue weighted by Gasteiger charge is -2.20. The highest BCUT2D eigenvalue weighted by molar-refractivity contribution is 7.88. The summed E-state index contributed by atoms with van der Waals surface area (Å²) < 4.78 is 44.4. The summed E-state index contributed by atoms with van der Waals surface area (Å²) in [6, 6.07) is 13.6. The van der Waals surface area contributed by atoms with Gasteiger partial charge in [0.15, 0.2) is 0 Å². The molecule has 0 unspecified atom stereocenters. The maximum atomic E-state index is 13.8. The molecule has 0 aliphatic rings. The number of nitrogens with zero attached hydrogens (tertiary/aromatic N) is 1. The number of carbonyl (C=O) groups excluding carboxylic acids is 1. The number of sulfonamides is 1. The Labute approximate surface area is 171 Å². The van der Waals surface area contributed by atoms with Gasteiger partial charge in [-0.15, -0.1) is 0 Å². The average Bonchev–Trinajstić information content (AvgIpc) is 2.67. The third-order valence-electron chi connectivity index (χ3n) is 4.31. The van der Waals surface area contributed by atoms with Crippen molar-refractivity contribution in [2.45, 2.75) is 26.3 Å². The number of aryl methyl sites for hydroxylation is 1. The minimum Gasteiger partial charge on any atom is -0.494 e. The van der Waals surface area contributed by atoms with E-state index in [0.717, 1.165) is 28.3 Å². The van der Waals surface area contributed by atoms with Crippen molar-refractivity contribution >= 4 is 15.9 Å². The smallest absolute Gasteiger partial charge is 0.235 e. The molecule has 1 amide bonds. The average molecular weight is 423 g/mol. The molecule has 0 atom stereocenters. The molecule has 0 saturated carbocycles. The Balaban J connectivity index is 1.87. The number of para-hydroxylation sites is 1. The number of benzene rings is 2. The van der Waals surface area contributed by atoms with E-state index in [4.69, 9.17) is 4.74 Å². The minimum absolute atomic E-state index is 0.194. The third kappa shape index (κ3) is 7.47. The maximum Gasteiger partial charge on any atom is 0.235 e. The molecule has 2 aromatic rings. The van der Waals surface area contributed by atoms with Gasteiger partial charge in [0, 0.05) is 18.7 Å². The van der Waals surface area contributed by atoms with E-state index in [2.05, 4.69) is 5.32 Å². The summed E-state index contributed by atoms with van der Waals surface area (Å²) >= 11 is 0. The summed E-state index contributed by atoms with van der Waals surface area (Å²) in [5.41, 5.74) is 1.28. The SMILES string of the molecule is CCOc1ccccc1CCCNC(=O)CN(Cc1ccccc1F)S(C)(=O)=O. The second kappa shape index (κ2) is 10.9. The number of rotatable bonds is 11. The van der Waals surface area contributed by atoms with E-state index < -0.39 is 21.7 Å². The first kappa shape index (κ1) is 22.8. The Kier molecular flexibility index (Phi) is 8.60. The number of halogens is 1. The van der Waals surface area contributed by atoms with E-state index in [9.17, 15) is 17.6 Å². The van der Waals surface area contributed by atoms with Crippen LogP contribution in [0.4, 0.5) is 4.39 Å². The molecular formula is C21H27FN2O4S. The molecule has 2 rings (SSSR count). The van der Waals surface area contributed by atoms with Gasteiger partial charge in [-0.2, -0.15) is 4.31 Å². The van der Waals surface area contributed by atoms with Crippen LogP contribution in [-0.2, 0) is 27.8 Å². The van der Waals surface area contributed by atoms with Crippen LogP contribution in [0.1, 0.15) is 24.5 Å². The quantitative estimate of drug-likeness (QED) is 0.565. The van der Waals surface area contributed by atoms with Crippen LogP contribution >= 0.6 is 0 Å². The predicted octanol–water partition coefficient (Wildman–Crippen LogP) is 2.74. The summed E-state index contributed by atoms with van der Waals surface area (Å²) in [6.45, 7) is 2.35. The number of nitrogens with one attached hydrogen (secondary N) is 1. The molecule has 2 aromatic carbocycles. The molecule has 0 heterocycles. The van der Waals surface area contributed by atoms with Gasteiger partial charge >= 0.3 is 0 Å². The summed E-state index contributed by atoms with van der Waals surface area (Å²) in [5.74, 6) is -0.103. The molecule has 0 aliphatic carbocycles. The molecule has 0 aliphatic heterocycles. The van der Waals surface area contributed by atoms with Crippen LogP contribution in [0.25, 0.3) is 0 Å². The van der Waals surface area contributed by atoms with Gasteiger partial charge in [0.05, 0.1) is 19.4 Å². The summed E-state index contributed by atoms with van der Waals surface area (Å²) in [4.78, 5) is 12.2. The number of hydrogen-bond acceptors (Lipinski definition) is 4. The number of carbonyl (C=O) groups is 1. The van der Waals surface area contributed by atoms with Gasteiger partial charge in [-0.1, -0.05) is 36.4 Å². The van der Waals surface area contributed by atoms with Crippen LogP contribution in [0.2, 0.25) is 0 Å². The van der Waals surface area contributed by atoms with E-state index in [-0.39, 0.29) is 18.7 Å². The molecule has 29 heavy (non-hydrogen) atoms. The highest BCUT2D eigenvalue weighted by Crippen LogP contribution is 2.19. The van der Waals surface area contributed by atoms with Crippen LogP contribution < -0.4 is 10.1 Å². The highest BCUT2D eigenvalue weighted by atomic mass is 32.2. The van der Waals surface area contributed by atoms with Gasteiger partial charge in [0.2, 0.25) is 15.9 Å². The Bertz CT molecular complexity index is 918. The lowest BCUT2D eigenvalue weighted by Crippen LogP contribution is -2.40. The van der Waals surface area contributed by atoms with E-state index in [1.807, 2.05) is 31.2 Å². The first-order valence-corrected chi connectivity index (χ1v) is 11.3. The van der Waals surface area contributed by atoms with Crippen molar-refractivity contribution in [1.29, 1.82) is 0 Å². The van der Waals surface area contributed by atoms with Crippen molar-refractivity contribution in [3.63, 3.8) is 0 Å². The fourth-order valence-corrected chi connectivity index (χ4v) is 3.56. The fraction of sp³-hybridized carbons (Fsp3) is 0.381. The molecule has 158 valence electrons. The van der Waals surface area contributed by atoms with Crippen LogP contribution in [-0.4, -0.2) is 44.6 Å². The first-order chi connectivity index (χ1) is 13.8. The third-order valence-corrected chi connectivity index (χ3v) is 5.51. The van der Waals surface area contributed by atoms with Crippen molar-refractivity contribution < 1.29 is 22.3 Å². The molecule has 0 bridgehead atoms. The highest BCUT2D eigenvalue weighted by Gasteiger charge is 2.21. The normalized spacial score (nSPS) is 11.4. The standard InChI is InChI=1S/C21H27FN2O4S/c1-3-28-20-13-7-5-9-17(20)11-8-14-23-21(25)16-24(29(2,26)27)15-18-10-4-6-12-19(18)22/h4-7,9-10,12-13H,3,8,11,14-16H2,1-2H3,(H,23,25). The van der Waals surface area contributed by atoms with Crippen molar-refractivity contribution in [2.75, 3.05) is 26.0 Å². The fourth-order valence-electron chi connectivity index (χ4n) is 2.84. The first-order valence-electron chi connectivity index (χ1n) is 9.47. The minimum atomic E-state index is -3.67. The second-order valence-corrected chi connectivity index (χ2v) is 8.60. The van der Waals surface area contributed by atoms with E-state index in [1.165, 1.54) is 18.2 Å². The molecule has 0 aromatic heterocycles. The molecule has 0 fully saturated rings. The molecular weight excluding hydrogens is 395 g/mol. The van der Waals surface area contributed by atoms with E-state index in [1.54, 1.807) is 6.07 Å². The van der Waals surface area contributed by atoms with E-state index >= 15 is 0 Å². The van der Waals surface area contributed by atoms with Gasteiger partial charge in [-0.3, -0.25) is 4.79 Å². The zero-order valence-electron chi connectivity index (χ0n) is 16.7. The lowest BCUT2D eigenvalue weighted by atomic mass is 10.1. The Morgan fingerprint density at radius 3 is 2.41 bits per heavy atom. The topological polar surface area (TPSA) is 75.7 Å². The van der Waals surface area contributed by atoms with Crippen molar-refractivity contribution in [1.82, 2.24) is 9.62 Å². The summed E-state index contributed by atoms with van der Waals surface area (Å²) in [7, 11) is -3.67. The maximum absolute atomic E-state index is 13.8.